The first kappa shape index (κ1) is 9.13. The Morgan fingerprint density at radius 3 is 2.89 bits per heavy atom. The van der Waals surface area contributed by atoms with Gasteiger partial charge in [0.25, 0.3) is 0 Å². The van der Waals surface area contributed by atoms with Crippen molar-refractivity contribution in [3.8, 4) is 0 Å². The molecule has 0 N–H and O–H groups in total. The van der Waals surface area contributed by atoms with Crippen molar-refractivity contribution < 1.29 is 4.84 Å². The molecule has 0 amide bonds. The molecule has 54 valence electrons. The lowest BCUT2D eigenvalue weighted by atomic mass is 10.3. The summed E-state index contributed by atoms with van der Waals surface area (Å²) in [5, 5.41) is 2.33. The Morgan fingerprint density at radius 1 is 1.78 bits per heavy atom. The van der Waals surface area contributed by atoms with Crippen LogP contribution in [0, 0.1) is 4.91 Å². The van der Waals surface area contributed by atoms with Crippen LogP contribution in [0.15, 0.2) is 5.34 Å². The summed E-state index contributed by atoms with van der Waals surface area (Å²) in [5.74, 6) is 0. The van der Waals surface area contributed by atoms with Crippen molar-refractivity contribution in [1.82, 2.24) is 0 Å². The summed E-state index contributed by atoms with van der Waals surface area (Å²) in [4.78, 5) is 13.9. The molecule has 1 atom stereocenters. The van der Waals surface area contributed by atoms with E-state index in [4.69, 9.17) is 0 Å². The fourth-order valence-corrected chi connectivity index (χ4v) is 0.997. The van der Waals surface area contributed by atoms with Crippen LogP contribution in [-0.2, 0) is 4.84 Å². The van der Waals surface area contributed by atoms with Gasteiger partial charge in [-0.3, -0.25) is 0 Å². The first-order chi connectivity index (χ1) is 4.31. The molecule has 0 rings (SSSR count). The van der Waals surface area contributed by atoms with Gasteiger partial charge in [0, 0.05) is 0 Å². The molecule has 0 aliphatic rings. The summed E-state index contributed by atoms with van der Waals surface area (Å²) in [7, 11) is 0. The Kier molecular flexibility index (Phi) is 6.34. The molecule has 0 aromatic rings. The molecule has 0 radical (unpaired) electrons. The molecule has 0 aliphatic carbocycles. The van der Waals surface area contributed by atoms with E-state index >= 15 is 0 Å². The molecular weight excluding hydrogens is 233 g/mol. The molecule has 0 saturated heterocycles. The Bertz CT molecular complexity index is 79.4. The number of hydrogen-bond donors (Lipinski definition) is 0. The number of nitrogens with zero attached hydrogens (tertiary/aromatic N) is 1. The van der Waals surface area contributed by atoms with E-state index in [-0.39, 0.29) is 4.11 Å². The second-order valence-electron chi connectivity index (χ2n) is 1.73. The highest BCUT2D eigenvalue weighted by molar-refractivity contribution is 14.1. The van der Waals surface area contributed by atoms with Gasteiger partial charge in [-0.15, -0.1) is 4.91 Å². The molecule has 1 unspecified atom stereocenters. The minimum atomic E-state index is -0.0416. The largest absolute Gasteiger partial charge is 0.350 e. The van der Waals surface area contributed by atoms with E-state index in [1.165, 1.54) is 0 Å². The lowest BCUT2D eigenvalue weighted by molar-refractivity contribution is 0.121. The second-order valence-corrected chi connectivity index (χ2v) is 3.12. The van der Waals surface area contributed by atoms with Crippen molar-refractivity contribution in [1.29, 1.82) is 0 Å². The summed E-state index contributed by atoms with van der Waals surface area (Å²) in [6, 6.07) is 0. The molecule has 0 saturated carbocycles. The summed E-state index contributed by atoms with van der Waals surface area (Å²) in [5.41, 5.74) is 0. The van der Waals surface area contributed by atoms with Crippen LogP contribution < -0.4 is 0 Å². The van der Waals surface area contributed by atoms with E-state index in [1.807, 2.05) is 22.6 Å². The third-order valence-corrected chi connectivity index (χ3v) is 1.79. The van der Waals surface area contributed by atoms with E-state index in [9.17, 15) is 4.91 Å². The molecule has 0 fully saturated rings. The van der Waals surface area contributed by atoms with Gasteiger partial charge >= 0.3 is 0 Å². The maximum absolute atomic E-state index is 9.50. The van der Waals surface area contributed by atoms with Crippen LogP contribution in [0.3, 0.4) is 0 Å². The first-order valence-corrected chi connectivity index (χ1v) is 4.18. The molecule has 0 heterocycles. The average Bonchev–Trinajstić information content (AvgIpc) is 1.85. The molecule has 9 heavy (non-hydrogen) atoms. The number of halogens is 1. The Labute approximate surface area is 68.2 Å². The van der Waals surface area contributed by atoms with Gasteiger partial charge < -0.3 is 4.84 Å². The minimum Gasteiger partial charge on any atom is -0.350 e. The Hall–Kier alpha value is 0.130. The van der Waals surface area contributed by atoms with Crippen molar-refractivity contribution in [2.24, 2.45) is 5.34 Å². The van der Waals surface area contributed by atoms with Crippen molar-refractivity contribution in [3.05, 3.63) is 4.91 Å². The predicted molar refractivity (Wildman–Crippen MR) is 44.2 cm³/mol. The van der Waals surface area contributed by atoms with Crippen LogP contribution in [0.2, 0.25) is 0 Å². The van der Waals surface area contributed by atoms with Crippen LogP contribution in [0.5, 0.6) is 0 Å². The van der Waals surface area contributed by atoms with Gasteiger partial charge in [-0.25, -0.2) is 0 Å². The summed E-state index contributed by atoms with van der Waals surface area (Å²) in [6.07, 6.45) is 3.12. The zero-order valence-corrected chi connectivity index (χ0v) is 7.50. The van der Waals surface area contributed by atoms with Gasteiger partial charge in [0.1, 0.15) is 0 Å². The van der Waals surface area contributed by atoms with Gasteiger partial charge in [-0.05, 0) is 35.4 Å². The highest BCUT2D eigenvalue weighted by Gasteiger charge is 2.01. The molecule has 0 aromatic heterocycles. The van der Waals surface area contributed by atoms with E-state index in [2.05, 4.69) is 17.1 Å². The lowest BCUT2D eigenvalue weighted by Crippen LogP contribution is -1.97. The molecule has 0 spiro atoms. The van der Waals surface area contributed by atoms with Crippen LogP contribution in [-0.4, -0.2) is 4.11 Å². The highest BCUT2D eigenvalue weighted by Crippen LogP contribution is 2.11. The smallest absolute Gasteiger partial charge is 0.180 e. The van der Waals surface area contributed by atoms with E-state index < -0.39 is 0 Å². The van der Waals surface area contributed by atoms with Crippen LogP contribution >= 0.6 is 22.6 Å². The SMILES string of the molecule is CCCCC(I)ON=O. The zero-order valence-electron chi connectivity index (χ0n) is 5.34. The number of unbranched alkanes of at least 4 members (excludes halogenated alkanes) is 1. The van der Waals surface area contributed by atoms with Crippen molar-refractivity contribution in [3.63, 3.8) is 0 Å². The predicted octanol–water partition coefficient (Wildman–Crippen LogP) is 2.64. The molecular formula is C5H10INO2. The topological polar surface area (TPSA) is 38.7 Å². The molecule has 0 bridgehead atoms. The quantitative estimate of drug-likeness (QED) is 0.322. The van der Waals surface area contributed by atoms with Crippen LogP contribution in [0.25, 0.3) is 0 Å². The lowest BCUT2D eigenvalue weighted by Gasteiger charge is -2.01. The minimum absolute atomic E-state index is 0.0416. The summed E-state index contributed by atoms with van der Waals surface area (Å²) < 4.78 is -0.0416. The Balaban J connectivity index is 3.04. The standard InChI is InChI=1S/C5H10INO2/c1-2-3-4-5(6)9-7-8/h5H,2-4H2,1H3. The first-order valence-electron chi connectivity index (χ1n) is 2.93. The fourth-order valence-electron chi connectivity index (χ4n) is 0.464. The normalized spacial score (nSPS) is 12.7. The monoisotopic (exact) mass is 243 g/mol. The summed E-state index contributed by atoms with van der Waals surface area (Å²) in [6.45, 7) is 2.09. The van der Waals surface area contributed by atoms with E-state index in [0.29, 0.717) is 0 Å². The van der Waals surface area contributed by atoms with Gasteiger partial charge in [-0.1, -0.05) is 13.3 Å². The fraction of sp³-hybridized carbons (Fsp3) is 1.00. The molecule has 0 aliphatic heterocycles. The molecule has 0 aromatic carbocycles. The third-order valence-electron chi connectivity index (χ3n) is 0.942. The molecule has 3 nitrogen and oxygen atoms in total. The van der Waals surface area contributed by atoms with Crippen LogP contribution in [0.4, 0.5) is 0 Å². The van der Waals surface area contributed by atoms with Gasteiger partial charge in [0.2, 0.25) is 0 Å². The summed E-state index contributed by atoms with van der Waals surface area (Å²) >= 11 is 2.05. The van der Waals surface area contributed by atoms with Gasteiger partial charge in [0.15, 0.2) is 9.45 Å². The number of rotatable bonds is 5. The molecule has 4 heteroatoms. The Morgan fingerprint density at radius 2 is 2.44 bits per heavy atom. The van der Waals surface area contributed by atoms with E-state index in [0.717, 1.165) is 19.3 Å². The maximum Gasteiger partial charge on any atom is 0.180 e. The van der Waals surface area contributed by atoms with Crippen molar-refractivity contribution in [2.75, 3.05) is 0 Å². The third kappa shape index (κ3) is 6.01. The van der Waals surface area contributed by atoms with Gasteiger partial charge in [-0.2, -0.15) is 0 Å². The number of hydrogen-bond acceptors (Lipinski definition) is 3. The maximum atomic E-state index is 9.50. The second kappa shape index (κ2) is 6.25. The van der Waals surface area contributed by atoms with E-state index in [1.54, 1.807) is 0 Å². The number of alkyl halides is 1. The van der Waals surface area contributed by atoms with Crippen molar-refractivity contribution in [2.45, 2.75) is 30.3 Å². The zero-order chi connectivity index (χ0) is 7.11. The van der Waals surface area contributed by atoms with Gasteiger partial charge in [0.05, 0.1) is 0 Å². The highest BCUT2D eigenvalue weighted by atomic mass is 127. The van der Waals surface area contributed by atoms with Crippen molar-refractivity contribution >= 4 is 22.6 Å². The van der Waals surface area contributed by atoms with Crippen LogP contribution in [0.1, 0.15) is 26.2 Å². The average molecular weight is 243 g/mol.